The van der Waals surface area contributed by atoms with Gasteiger partial charge in [0.15, 0.2) is 5.65 Å². The van der Waals surface area contributed by atoms with Crippen molar-refractivity contribution >= 4 is 29.0 Å². The number of anilines is 1. The fourth-order valence-electron chi connectivity index (χ4n) is 3.64. The van der Waals surface area contributed by atoms with Gasteiger partial charge in [0.2, 0.25) is 0 Å². The van der Waals surface area contributed by atoms with Gasteiger partial charge in [0, 0.05) is 28.6 Å². The Morgan fingerprint density at radius 2 is 1.92 bits per heavy atom. The van der Waals surface area contributed by atoms with Crippen LogP contribution in [0.5, 0.6) is 5.75 Å². The smallest absolute Gasteiger partial charge is 0.390 e. The molecule has 1 aliphatic rings. The number of halogens is 3. The molecule has 0 spiro atoms. The Hall–Kier alpha value is -3.73. The van der Waals surface area contributed by atoms with E-state index < -0.39 is 12.6 Å². The van der Waals surface area contributed by atoms with Crippen molar-refractivity contribution in [2.75, 3.05) is 11.9 Å². The van der Waals surface area contributed by atoms with Gasteiger partial charge in [-0.15, -0.1) is 0 Å². The van der Waals surface area contributed by atoms with Crippen molar-refractivity contribution in [2.45, 2.75) is 41.4 Å². The van der Waals surface area contributed by atoms with Crippen molar-refractivity contribution < 1.29 is 23.1 Å². The number of hydrogen-bond donors (Lipinski definition) is 3. The summed E-state index contributed by atoms with van der Waals surface area (Å²) in [5, 5.41) is 21.6. The quantitative estimate of drug-likeness (QED) is 0.288. The van der Waals surface area contributed by atoms with Crippen LogP contribution in [-0.4, -0.2) is 44.4 Å². The Morgan fingerprint density at radius 3 is 2.61 bits per heavy atom. The molecule has 5 rings (SSSR count). The van der Waals surface area contributed by atoms with Crippen LogP contribution in [0.2, 0.25) is 0 Å². The van der Waals surface area contributed by atoms with E-state index in [1.165, 1.54) is 28.5 Å². The minimum atomic E-state index is -4.29. The minimum Gasteiger partial charge on any atom is -0.507 e. The first kappa shape index (κ1) is 24.0. The van der Waals surface area contributed by atoms with E-state index in [0.29, 0.717) is 33.2 Å². The first-order valence-corrected chi connectivity index (χ1v) is 12.1. The van der Waals surface area contributed by atoms with Gasteiger partial charge in [0.25, 0.3) is 5.91 Å². The number of phenolic OH excluding ortho intramolecular Hbond substituents is 1. The third kappa shape index (κ3) is 5.56. The molecular weight excluding hydrogens is 491 g/mol. The van der Waals surface area contributed by atoms with Crippen LogP contribution in [0, 0.1) is 0 Å². The summed E-state index contributed by atoms with van der Waals surface area (Å²) in [4.78, 5) is 17.6. The zero-order valence-electron chi connectivity index (χ0n) is 18.9. The van der Waals surface area contributed by atoms with Crippen molar-refractivity contribution in [3.63, 3.8) is 0 Å². The number of benzene rings is 2. The molecule has 3 N–H and O–H groups in total. The molecule has 2 aromatic heterocycles. The molecule has 7 nitrogen and oxygen atoms in total. The Kier molecular flexibility index (Phi) is 6.48. The molecule has 0 saturated heterocycles. The average molecular weight is 514 g/mol. The summed E-state index contributed by atoms with van der Waals surface area (Å²) in [7, 11) is 0. The Bertz CT molecular complexity index is 1400. The lowest BCUT2D eigenvalue weighted by Crippen LogP contribution is -2.25. The predicted octanol–water partition coefficient (Wildman–Crippen LogP) is 5.51. The Balaban J connectivity index is 1.51. The topological polar surface area (TPSA) is 91.5 Å². The summed E-state index contributed by atoms with van der Waals surface area (Å²) in [6, 6.07) is 15.9. The normalized spacial score (nSPS) is 13.6. The summed E-state index contributed by atoms with van der Waals surface area (Å²) < 4.78 is 39.7. The summed E-state index contributed by atoms with van der Waals surface area (Å²) >= 11 is 1.35. The van der Waals surface area contributed by atoms with E-state index in [-0.39, 0.29) is 24.2 Å². The molecule has 1 saturated carbocycles. The SMILES string of the molecule is O=C(NC1CC1)c1ccc(-c2cnc3c(NCCC(F)(F)F)cc(Sc4ccccc4)nn23)c(O)c1. The zero-order chi connectivity index (χ0) is 25.3. The number of nitrogens with one attached hydrogen (secondary N) is 2. The summed E-state index contributed by atoms with van der Waals surface area (Å²) in [5.74, 6) is -0.386. The second kappa shape index (κ2) is 9.73. The largest absolute Gasteiger partial charge is 0.507 e. The van der Waals surface area contributed by atoms with Crippen molar-refractivity contribution in [3.8, 4) is 17.0 Å². The van der Waals surface area contributed by atoms with E-state index >= 15 is 0 Å². The van der Waals surface area contributed by atoms with Crippen LogP contribution in [-0.2, 0) is 0 Å². The van der Waals surface area contributed by atoms with Gasteiger partial charge < -0.3 is 15.7 Å². The molecule has 2 aromatic carbocycles. The van der Waals surface area contributed by atoms with Crippen LogP contribution in [0.3, 0.4) is 0 Å². The van der Waals surface area contributed by atoms with Crippen LogP contribution >= 0.6 is 11.8 Å². The molecule has 1 fully saturated rings. The number of alkyl halides is 3. The first-order valence-electron chi connectivity index (χ1n) is 11.3. The fraction of sp³-hybridized carbons (Fsp3) is 0.240. The van der Waals surface area contributed by atoms with Crippen molar-refractivity contribution in [3.05, 3.63) is 66.4 Å². The summed E-state index contributed by atoms with van der Waals surface area (Å²) in [6.07, 6.45) is -1.90. The lowest BCUT2D eigenvalue weighted by molar-refractivity contribution is -0.131. The highest BCUT2D eigenvalue weighted by molar-refractivity contribution is 7.99. The van der Waals surface area contributed by atoms with E-state index in [4.69, 9.17) is 0 Å². The second-order valence-electron chi connectivity index (χ2n) is 8.46. The van der Waals surface area contributed by atoms with E-state index in [9.17, 15) is 23.1 Å². The van der Waals surface area contributed by atoms with Crippen LogP contribution in [0.4, 0.5) is 18.9 Å². The van der Waals surface area contributed by atoms with Crippen LogP contribution < -0.4 is 10.6 Å². The number of imidazole rings is 1. The van der Waals surface area contributed by atoms with E-state index in [0.717, 1.165) is 17.7 Å². The highest BCUT2D eigenvalue weighted by Gasteiger charge is 2.27. The number of phenols is 1. The maximum Gasteiger partial charge on any atom is 0.390 e. The first-order chi connectivity index (χ1) is 17.3. The van der Waals surface area contributed by atoms with Gasteiger partial charge in [0.05, 0.1) is 24.0 Å². The number of aromatic hydroxyl groups is 1. The Labute approximate surface area is 208 Å². The van der Waals surface area contributed by atoms with Crippen molar-refractivity contribution in [1.82, 2.24) is 19.9 Å². The molecule has 0 radical (unpaired) electrons. The van der Waals surface area contributed by atoms with Crippen LogP contribution in [0.25, 0.3) is 16.9 Å². The number of amides is 1. The summed E-state index contributed by atoms with van der Waals surface area (Å²) in [6.45, 7) is -0.323. The van der Waals surface area contributed by atoms with Gasteiger partial charge in [-0.3, -0.25) is 4.79 Å². The van der Waals surface area contributed by atoms with Crippen LogP contribution in [0.1, 0.15) is 29.6 Å². The third-order valence-electron chi connectivity index (χ3n) is 5.58. The van der Waals surface area contributed by atoms with Crippen molar-refractivity contribution in [1.29, 1.82) is 0 Å². The number of carbonyl (C=O) groups is 1. The highest BCUT2D eigenvalue weighted by atomic mass is 32.2. The molecular formula is C25H22F3N5O2S. The maximum absolute atomic E-state index is 12.7. The Morgan fingerprint density at radius 1 is 1.14 bits per heavy atom. The molecule has 0 aliphatic heterocycles. The van der Waals surface area contributed by atoms with Gasteiger partial charge in [-0.25, -0.2) is 9.50 Å². The number of fused-ring (bicyclic) bond motifs is 1. The lowest BCUT2D eigenvalue weighted by Gasteiger charge is -2.12. The van der Waals surface area contributed by atoms with Gasteiger partial charge in [-0.1, -0.05) is 30.0 Å². The second-order valence-corrected chi connectivity index (χ2v) is 9.56. The molecule has 0 bridgehead atoms. The molecule has 0 atom stereocenters. The van der Waals surface area contributed by atoms with Crippen molar-refractivity contribution in [2.24, 2.45) is 0 Å². The monoisotopic (exact) mass is 513 g/mol. The number of nitrogens with zero attached hydrogens (tertiary/aromatic N) is 3. The lowest BCUT2D eigenvalue weighted by atomic mass is 10.1. The van der Waals surface area contributed by atoms with Gasteiger partial charge in [-0.2, -0.15) is 18.3 Å². The molecule has 4 aromatic rings. The molecule has 11 heteroatoms. The molecule has 186 valence electrons. The minimum absolute atomic E-state index is 0.130. The van der Waals surface area contributed by atoms with E-state index in [2.05, 4.69) is 20.7 Å². The molecule has 0 unspecified atom stereocenters. The van der Waals surface area contributed by atoms with E-state index in [1.54, 1.807) is 18.2 Å². The van der Waals surface area contributed by atoms with Gasteiger partial charge >= 0.3 is 6.18 Å². The van der Waals surface area contributed by atoms with Crippen LogP contribution in [0.15, 0.2) is 70.7 Å². The molecule has 36 heavy (non-hydrogen) atoms. The molecule has 2 heterocycles. The average Bonchev–Trinajstić information content (AvgIpc) is 3.55. The molecule has 1 aliphatic carbocycles. The molecule has 1 amide bonds. The number of hydrogen-bond acceptors (Lipinski definition) is 6. The van der Waals surface area contributed by atoms with Gasteiger partial charge in [-0.05, 0) is 49.2 Å². The number of aromatic nitrogens is 3. The maximum atomic E-state index is 12.7. The van der Waals surface area contributed by atoms with Gasteiger partial charge in [0.1, 0.15) is 10.8 Å². The standard InChI is InChI=1S/C25H22F3N5O2S/c26-25(27,28)10-11-29-19-13-22(36-17-4-2-1-3-5-17)32-33-20(14-30-23(19)33)18-9-6-15(12-21(18)34)24(35)31-16-7-8-16/h1-6,9,12-14,16,29,34H,7-8,10-11H2,(H,31,35). The predicted molar refractivity (Wildman–Crippen MR) is 130 cm³/mol. The number of rotatable bonds is 8. The highest BCUT2D eigenvalue weighted by Crippen LogP contribution is 2.35. The summed E-state index contributed by atoms with van der Waals surface area (Å²) in [5.41, 5.74) is 1.87. The zero-order valence-corrected chi connectivity index (χ0v) is 19.7. The fourth-order valence-corrected chi connectivity index (χ4v) is 4.48. The third-order valence-corrected chi connectivity index (χ3v) is 6.50. The van der Waals surface area contributed by atoms with E-state index in [1.807, 2.05) is 30.3 Å². The number of carbonyl (C=O) groups excluding carboxylic acids is 1.